The molecule has 0 bridgehead atoms. The molecule has 0 unspecified atom stereocenters. The van der Waals surface area contributed by atoms with Gasteiger partial charge in [0.1, 0.15) is 11.5 Å². The van der Waals surface area contributed by atoms with E-state index in [9.17, 15) is 14.9 Å². The van der Waals surface area contributed by atoms with E-state index in [1.807, 2.05) is 0 Å². The Morgan fingerprint density at radius 3 is 2.57 bits per heavy atom. The van der Waals surface area contributed by atoms with Crippen LogP contribution >= 0.6 is 0 Å². The van der Waals surface area contributed by atoms with E-state index >= 15 is 0 Å². The van der Waals surface area contributed by atoms with Crippen LogP contribution < -0.4 is 0 Å². The Labute approximate surface area is 120 Å². The molecule has 2 aromatic rings. The maximum Gasteiger partial charge on any atom is 0.354 e. The van der Waals surface area contributed by atoms with E-state index < -0.39 is 10.9 Å². The highest BCUT2D eigenvalue weighted by Crippen LogP contribution is 2.25. The van der Waals surface area contributed by atoms with Gasteiger partial charge in [-0.25, -0.2) is 9.78 Å². The van der Waals surface area contributed by atoms with Crippen LogP contribution in [0, 0.1) is 30.9 Å². The second kappa shape index (κ2) is 5.31. The van der Waals surface area contributed by atoms with Gasteiger partial charge >= 0.3 is 5.97 Å². The van der Waals surface area contributed by atoms with Crippen LogP contribution in [0.1, 0.15) is 33.1 Å². The van der Waals surface area contributed by atoms with Gasteiger partial charge in [0.15, 0.2) is 0 Å². The van der Waals surface area contributed by atoms with E-state index in [1.165, 1.54) is 17.0 Å². The SMILES string of the molecule is Cc1cnc(Cn2c(C(=O)O)cnc2C)c(C)c1[N+](=O)[O-]. The molecule has 8 heteroatoms. The molecule has 0 spiro atoms. The van der Waals surface area contributed by atoms with Crippen molar-refractivity contribution in [3.63, 3.8) is 0 Å². The summed E-state index contributed by atoms with van der Waals surface area (Å²) in [4.78, 5) is 30.0. The standard InChI is InChI=1S/C13H14N4O4/c1-7-4-15-10(8(2)12(7)17(20)21)6-16-9(3)14-5-11(16)13(18)19/h4-5H,6H2,1-3H3,(H,18,19). The number of carboxylic acid groups (broad SMARTS) is 1. The number of hydrogen-bond donors (Lipinski definition) is 1. The van der Waals surface area contributed by atoms with E-state index in [-0.39, 0.29) is 17.9 Å². The molecule has 2 rings (SSSR count). The maximum absolute atomic E-state index is 11.2. The minimum absolute atomic E-state index is 0.00893. The summed E-state index contributed by atoms with van der Waals surface area (Å²) in [6.45, 7) is 5.03. The van der Waals surface area contributed by atoms with Crippen LogP contribution in [0.4, 0.5) is 5.69 Å². The molecule has 1 N–H and O–H groups in total. The summed E-state index contributed by atoms with van der Waals surface area (Å²) in [5, 5.41) is 20.2. The number of pyridine rings is 1. The first-order valence-electron chi connectivity index (χ1n) is 6.17. The molecule has 0 aliphatic heterocycles. The summed E-state index contributed by atoms with van der Waals surface area (Å²) in [7, 11) is 0. The molecule has 0 aliphatic rings. The number of carbonyl (C=O) groups is 1. The lowest BCUT2D eigenvalue weighted by Gasteiger charge is -2.11. The van der Waals surface area contributed by atoms with Crippen LogP contribution in [0.15, 0.2) is 12.4 Å². The molecule has 0 saturated carbocycles. The van der Waals surface area contributed by atoms with Crippen molar-refractivity contribution in [1.82, 2.24) is 14.5 Å². The first-order valence-corrected chi connectivity index (χ1v) is 6.17. The van der Waals surface area contributed by atoms with Crippen molar-refractivity contribution in [3.05, 3.63) is 50.8 Å². The highest BCUT2D eigenvalue weighted by Gasteiger charge is 2.21. The van der Waals surface area contributed by atoms with Gasteiger partial charge in [0.05, 0.1) is 28.9 Å². The molecule has 0 saturated heterocycles. The summed E-state index contributed by atoms with van der Waals surface area (Å²) in [5.74, 6) is -0.591. The third-order valence-electron chi connectivity index (χ3n) is 3.34. The number of aryl methyl sites for hydroxylation is 2. The summed E-state index contributed by atoms with van der Waals surface area (Å²) in [6, 6.07) is 0. The lowest BCUT2D eigenvalue weighted by molar-refractivity contribution is -0.386. The van der Waals surface area contributed by atoms with Gasteiger partial charge in [0.25, 0.3) is 5.69 Å². The second-order valence-corrected chi connectivity index (χ2v) is 4.70. The van der Waals surface area contributed by atoms with Crippen molar-refractivity contribution < 1.29 is 14.8 Å². The molecule has 0 aliphatic carbocycles. The number of aromatic carboxylic acids is 1. The van der Waals surface area contributed by atoms with Crippen molar-refractivity contribution in [2.45, 2.75) is 27.3 Å². The molecule has 21 heavy (non-hydrogen) atoms. The lowest BCUT2D eigenvalue weighted by Crippen LogP contribution is -2.13. The summed E-state index contributed by atoms with van der Waals surface area (Å²) in [6.07, 6.45) is 2.68. The number of imidazole rings is 1. The van der Waals surface area contributed by atoms with Crippen LogP contribution in [-0.2, 0) is 6.54 Å². The molecule has 2 heterocycles. The second-order valence-electron chi connectivity index (χ2n) is 4.70. The average molecular weight is 290 g/mol. The van der Waals surface area contributed by atoms with Gasteiger partial charge in [-0.15, -0.1) is 0 Å². The van der Waals surface area contributed by atoms with Gasteiger partial charge in [0.2, 0.25) is 0 Å². The van der Waals surface area contributed by atoms with Crippen molar-refractivity contribution in [2.75, 3.05) is 0 Å². The zero-order chi connectivity index (χ0) is 15.7. The molecule has 2 aromatic heterocycles. The van der Waals surface area contributed by atoms with E-state index in [0.29, 0.717) is 22.6 Å². The van der Waals surface area contributed by atoms with Gasteiger partial charge in [0, 0.05) is 11.8 Å². The molecular weight excluding hydrogens is 276 g/mol. The van der Waals surface area contributed by atoms with Gasteiger partial charge in [-0.05, 0) is 20.8 Å². The topological polar surface area (TPSA) is 111 Å². The molecule has 0 fully saturated rings. The monoisotopic (exact) mass is 290 g/mol. The Bertz CT molecular complexity index is 736. The van der Waals surface area contributed by atoms with Crippen LogP contribution in [0.5, 0.6) is 0 Å². The highest BCUT2D eigenvalue weighted by atomic mass is 16.6. The number of nitro groups is 1. The smallest absolute Gasteiger partial charge is 0.354 e. The first kappa shape index (κ1) is 14.6. The van der Waals surface area contributed by atoms with Crippen LogP contribution in [0.25, 0.3) is 0 Å². The molecule has 0 aromatic carbocycles. The van der Waals surface area contributed by atoms with Crippen molar-refractivity contribution in [1.29, 1.82) is 0 Å². The third-order valence-corrected chi connectivity index (χ3v) is 3.34. The van der Waals surface area contributed by atoms with E-state index in [1.54, 1.807) is 20.8 Å². The van der Waals surface area contributed by atoms with Gasteiger partial charge < -0.3 is 9.67 Å². The minimum Gasteiger partial charge on any atom is -0.477 e. The van der Waals surface area contributed by atoms with E-state index in [4.69, 9.17) is 5.11 Å². The number of carboxylic acids is 1. The Kier molecular flexibility index (Phi) is 3.70. The third kappa shape index (κ3) is 2.60. The first-order chi connectivity index (χ1) is 9.82. The number of hydrogen-bond acceptors (Lipinski definition) is 5. The Balaban J connectivity index is 2.51. The van der Waals surface area contributed by atoms with E-state index in [2.05, 4.69) is 9.97 Å². The Hall–Kier alpha value is -2.77. The Morgan fingerprint density at radius 2 is 2.00 bits per heavy atom. The summed E-state index contributed by atoms with van der Waals surface area (Å²) >= 11 is 0. The normalized spacial score (nSPS) is 10.6. The van der Waals surface area contributed by atoms with Crippen LogP contribution in [0.3, 0.4) is 0 Å². The molecule has 0 atom stereocenters. The predicted octanol–water partition coefficient (Wildman–Crippen LogP) is 1.86. The highest BCUT2D eigenvalue weighted by molar-refractivity contribution is 5.85. The van der Waals surface area contributed by atoms with Crippen LogP contribution in [-0.4, -0.2) is 30.5 Å². The number of aromatic nitrogens is 3. The molecule has 0 radical (unpaired) electrons. The van der Waals surface area contributed by atoms with Gasteiger partial charge in [-0.2, -0.15) is 0 Å². The summed E-state index contributed by atoms with van der Waals surface area (Å²) < 4.78 is 1.47. The zero-order valence-corrected chi connectivity index (χ0v) is 11.8. The number of nitrogens with zero attached hydrogens (tertiary/aromatic N) is 4. The minimum atomic E-state index is -1.10. The van der Waals surface area contributed by atoms with Crippen molar-refractivity contribution >= 4 is 11.7 Å². The fourth-order valence-electron chi connectivity index (χ4n) is 2.19. The van der Waals surface area contributed by atoms with Gasteiger partial charge in [-0.3, -0.25) is 15.1 Å². The average Bonchev–Trinajstić information content (AvgIpc) is 2.74. The Morgan fingerprint density at radius 1 is 1.33 bits per heavy atom. The van der Waals surface area contributed by atoms with Crippen LogP contribution in [0.2, 0.25) is 0 Å². The van der Waals surface area contributed by atoms with E-state index in [0.717, 1.165) is 0 Å². The predicted molar refractivity (Wildman–Crippen MR) is 73.4 cm³/mol. The quantitative estimate of drug-likeness (QED) is 0.679. The summed E-state index contributed by atoms with van der Waals surface area (Å²) in [5.41, 5.74) is 1.40. The van der Waals surface area contributed by atoms with Crippen molar-refractivity contribution in [3.8, 4) is 0 Å². The fourth-order valence-corrected chi connectivity index (χ4v) is 2.19. The van der Waals surface area contributed by atoms with Crippen molar-refractivity contribution in [2.24, 2.45) is 0 Å². The fraction of sp³-hybridized carbons (Fsp3) is 0.308. The lowest BCUT2D eigenvalue weighted by atomic mass is 10.1. The molecule has 8 nitrogen and oxygen atoms in total. The maximum atomic E-state index is 11.2. The van der Waals surface area contributed by atoms with Gasteiger partial charge in [-0.1, -0.05) is 0 Å². The molecular formula is C13H14N4O4. The zero-order valence-electron chi connectivity index (χ0n) is 11.8. The number of rotatable bonds is 4. The molecule has 110 valence electrons. The largest absolute Gasteiger partial charge is 0.477 e. The molecule has 0 amide bonds.